The molecule has 4 rings (SSSR count). The Morgan fingerprint density at radius 2 is 2.12 bits per heavy atom. The Hall–Kier alpha value is -2.14. The summed E-state index contributed by atoms with van der Waals surface area (Å²) >= 11 is 1.62. The normalized spacial score (nSPS) is 23.9. The molecule has 1 aliphatic heterocycles. The number of allylic oxidation sites excluding steroid dienone is 2. The maximum Gasteiger partial charge on any atom is 0.162 e. The van der Waals surface area contributed by atoms with Gasteiger partial charge in [-0.25, -0.2) is 4.98 Å². The third kappa shape index (κ3) is 2.41. The Labute approximate surface area is 158 Å². The highest BCUT2D eigenvalue weighted by molar-refractivity contribution is 7.10. The van der Waals surface area contributed by atoms with Gasteiger partial charge < -0.3 is 10.1 Å². The Bertz CT molecular complexity index is 912. The number of fused-ring (bicyclic) bond motifs is 1. The Kier molecular flexibility index (Phi) is 3.95. The van der Waals surface area contributed by atoms with Gasteiger partial charge in [-0.2, -0.15) is 0 Å². The Morgan fingerprint density at radius 3 is 2.85 bits per heavy atom. The third-order valence-corrected chi connectivity index (χ3v) is 6.61. The molecule has 136 valence electrons. The lowest BCUT2D eigenvalue weighted by molar-refractivity contribution is -0.118. The third-order valence-electron chi connectivity index (χ3n) is 5.62. The van der Waals surface area contributed by atoms with Gasteiger partial charge in [0.25, 0.3) is 0 Å². The minimum Gasteiger partial charge on any atom is -0.497 e. The number of aromatic nitrogens is 1. The van der Waals surface area contributed by atoms with E-state index < -0.39 is 5.41 Å². The van der Waals surface area contributed by atoms with Crippen molar-refractivity contribution in [2.45, 2.75) is 45.4 Å². The number of nitrogens with one attached hydrogen (secondary N) is 1. The molecule has 0 fully saturated rings. The number of methoxy groups -OCH3 is 1. The number of carbonyl (C=O) groups excluding carboxylic acids is 1. The van der Waals surface area contributed by atoms with Crippen LogP contribution in [-0.4, -0.2) is 17.9 Å². The number of hydrogen-bond donors (Lipinski definition) is 1. The quantitative estimate of drug-likeness (QED) is 0.836. The molecule has 0 radical (unpaired) electrons. The van der Waals surface area contributed by atoms with Gasteiger partial charge in [-0.15, -0.1) is 11.3 Å². The zero-order chi connectivity index (χ0) is 18.5. The van der Waals surface area contributed by atoms with Gasteiger partial charge in [0.05, 0.1) is 22.9 Å². The standard InChI is InChI=1S/C21H24N2O2S/c1-5-21(13-7-6-8-14(9-13)25-4)17-15(10-20(2,3)11-16(17)24)23-19-18(21)26-12-22-19/h6-9,12,23H,5,10-11H2,1-4H3/t21-/m0/s1. The summed E-state index contributed by atoms with van der Waals surface area (Å²) in [4.78, 5) is 19.0. The van der Waals surface area contributed by atoms with Crippen LogP contribution in [0.15, 0.2) is 41.0 Å². The van der Waals surface area contributed by atoms with Crippen molar-refractivity contribution in [2.24, 2.45) is 5.41 Å². The Morgan fingerprint density at radius 1 is 1.31 bits per heavy atom. The minimum atomic E-state index is -0.459. The van der Waals surface area contributed by atoms with Gasteiger partial charge >= 0.3 is 0 Å². The zero-order valence-electron chi connectivity index (χ0n) is 15.7. The summed E-state index contributed by atoms with van der Waals surface area (Å²) in [5, 5.41) is 3.48. The van der Waals surface area contributed by atoms with Crippen LogP contribution >= 0.6 is 11.3 Å². The molecule has 0 spiro atoms. The fourth-order valence-corrected chi connectivity index (χ4v) is 5.57. The van der Waals surface area contributed by atoms with Crippen LogP contribution in [-0.2, 0) is 10.2 Å². The van der Waals surface area contributed by atoms with Crippen molar-refractivity contribution >= 4 is 22.9 Å². The molecule has 2 heterocycles. The van der Waals surface area contributed by atoms with Gasteiger partial charge in [-0.3, -0.25) is 4.79 Å². The van der Waals surface area contributed by atoms with Crippen molar-refractivity contribution in [3.63, 3.8) is 0 Å². The highest BCUT2D eigenvalue weighted by Gasteiger charge is 2.50. The van der Waals surface area contributed by atoms with Crippen LogP contribution < -0.4 is 10.1 Å². The average molecular weight is 369 g/mol. The van der Waals surface area contributed by atoms with Gasteiger partial charge in [0.2, 0.25) is 0 Å². The van der Waals surface area contributed by atoms with Crippen molar-refractivity contribution in [3.8, 4) is 5.75 Å². The van der Waals surface area contributed by atoms with Crippen LogP contribution in [0.25, 0.3) is 0 Å². The van der Waals surface area contributed by atoms with E-state index in [9.17, 15) is 4.79 Å². The lowest BCUT2D eigenvalue weighted by Crippen LogP contribution is -2.42. The van der Waals surface area contributed by atoms with Gasteiger partial charge in [-0.05, 0) is 36.0 Å². The molecule has 1 aromatic carbocycles. The smallest absolute Gasteiger partial charge is 0.162 e. The number of nitrogens with zero attached hydrogens (tertiary/aromatic N) is 1. The minimum absolute atomic E-state index is 0.0374. The molecular weight excluding hydrogens is 344 g/mol. The van der Waals surface area contributed by atoms with Crippen molar-refractivity contribution in [2.75, 3.05) is 12.4 Å². The molecule has 26 heavy (non-hydrogen) atoms. The summed E-state index contributed by atoms with van der Waals surface area (Å²) in [6.45, 7) is 6.48. The SMILES string of the molecule is CC[C@]1(c2cccc(OC)c2)C2=C(CC(C)(C)CC2=O)Nc2ncsc21. The second kappa shape index (κ2) is 5.95. The van der Waals surface area contributed by atoms with Crippen LogP contribution in [0.4, 0.5) is 5.82 Å². The summed E-state index contributed by atoms with van der Waals surface area (Å²) < 4.78 is 5.47. The lowest BCUT2D eigenvalue weighted by atomic mass is 9.62. The van der Waals surface area contributed by atoms with Gasteiger partial charge in [0.15, 0.2) is 5.78 Å². The molecule has 0 saturated carbocycles. The summed E-state index contributed by atoms with van der Waals surface area (Å²) in [7, 11) is 1.68. The first kappa shape index (κ1) is 17.3. The molecule has 0 bridgehead atoms. The maximum absolute atomic E-state index is 13.3. The molecule has 1 atom stereocenters. The topological polar surface area (TPSA) is 51.2 Å². The highest BCUT2D eigenvalue weighted by atomic mass is 32.1. The van der Waals surface area contributed by atoms with Gasteiger partial charge in [-0.1, -0.05) is 32.9 Å². The van der Waals surface area contributed by atoms with E-state index in [0.29, 0.717) is 6.42 Å². The van der Waals surface area contributed by atoms with E-state index in [1.165, 1.54) is 0 Å². The molecule has 1 aromatic heterocycles. The predicted octanol–water partition coefficient (Wildman–Crippen LogP) is 4.92. The molecule has 0 amide bonds. The lowest BCUT2D eigenvalue weighted by Gasteiger charge is -2.44. The molecule has 5 heteroatoms. The van der Waals surface area contributed by atoms with Gasteiger partial charge in [0.1, 0.15) is 11.6 Å². The molecule has 4 nitrogen and oxygen atoms in total. The van der Waals surface area contributed by atoms with Crippen molar-refractivity contribution in [3.05, 3.63) is 51.5 Å². The largest absolute Gasteiger partial charge is 0.497 e. The Balaban J connectivity index is 2.02. The van der Waals surface area contributed by atoms with E-state index in [1.54, 1.807) is 18.4 Å². The van der Waals surface area contributed by atoms with Crippen LogP contribution in [0.2, 0.25) is 0 Å². The van der Waals surface area contributed by atoms with Crippen molar-refractivity contribution in [1.29, 1.82) is 0 Å². The number of ether oxygens (including phenoxy) is 1. The van der Waals surface area contributed by atoms with E-state index in [1.807, 2.05) is 17.6 Å². The summed E-state index contributed by atoms with van der Waals surface area (Å²) in [5.74, 6) is 1.95. The number of thiazole rings is 1. The molecular formula is C21H24N2O2S. The number of rotatable bonds is 3. The average Bonchev–Trinajstić information content (AvgIpc) is 3.07. The van der Waals surface area contributed by atoms with Crippen molar-refractivity contribution < 1.29 is 9.53 Å². The zero-order valence-corrected chi connectivity index (χ0v) is 16.5. The fraction of sp³-hybridized carbons (Fsp3) is 0.429. The molecule has 2 aromatic rings. The van der Waals surface area contributed by atoms with E-state index in [2.05, 4.69) is 43.2 Å². The van der Waals surface area contributed by atoms with Crippen LogP contribution in [0.5, 0.6) is 5.75 Å². The fourth-order valence-electron chi connectivity index (χ4n) is 4.52. The predicted molar refractivity (Wildman–Crippen MR) is 105 cm³/mol. The number of anilines is 1. The van der Waals surface area contributed by atoms with Crippen LogP contribution in [0.1, 0.15) is 50.5 Å². The molecule has 1 N–H and O–H groups in total. The van der Waals surface area contributed by atoms with E-state index >= 15 is 0 Å². The summed E-state index contributed by atoms with van der Waals surface area (Å²) in [5.41, 5.74) is 4.44. The first-order valence-corrected chi connectivity index (χ1v) is 9.91. The number of Topliss-reactive ketones (excluding diaryl/α,β-unsaturated/α-hetero) is 1. The number of hydrogen-bond acceptors (Lipinski definition) is 5. The number of carbonyl (C=O) groups is 1. The first-order chi connectivity index (χ1) is 12.4. The van der Waals surface area contributed by atoms with Gasteiger partial charge in [0, 0.05) is 17.7 Å². The molecule has 1 aliphatic carbocycles. The maximum atomic E-state index is 13.3. The molecule has 0 unspecified atom stereocenters. The van der Waals surface area contributed by atoms with E-state index in [-0.39, 0.29) is 11.2 Å². The second-order valence-electron chi connectivity index (χ2n) is 7.94. The molecule has 0 saturated heterocycles. The highest BCUT2D eigenvalue weighted by Crippen LogP contribution is 2.55. The van der Waals surface area contributed by atoms with Crippen molar-refractivity contribution in [1.82, 2.24) is 4.98 Å². The molecule has 2 aliphatic rings. The number of benzene rings is 1. The van der Waals surface area contributed by atoms with E-state index in [0.717, 1.165) is 46.1 Å². The van der Waals surface area contributed by atoms with Crippen LogP contribution in [0.3, 0.4) is 0 Å². The summed E-state index contributed by atoms with van der Waals surface area (Å²) in [6, 6.07) is 8.13. The van der Waals surface area contributed by atoms with E-state index in [4.69, 9.17) is 4.74 Å². The number of ketones is 1. The van der Waals surface area contributed by atoms with Crippen LogP contribution in [0, 0.1) is 5.41 Å². The first-order valence-electron chi connectivity index (χ1n) is 9.03. The summed E-state index contributed by atoms with van der Waals surface area (Å²) in [6.07, 6.45) is 2.24. The monoisotopic (exact) mass is 368 g/mol. The second-order valence-corrected chi connectivity index (χ2v) is 8.80.